The molecule has 17 heavy (non-hydrogen) atoms. The molecule has 0 aliphatic carbocycles. The second-order valence-corrected chi connectivity index (χ2v) is 5.51. The zero-order chi connectivity index (χ0) is 12.8. The third kappa shape index (κ3) is 4.00. The van der Waals surface area contributed by atoms with Crippen LogP contribution in [0.2, 0.25) is 0 Å². The number of nitrogens with one attached hydrogen (secondary N) is 1. The fourth-order valence-electron chi connectivity index (χ4n) is 2.04. The lowest BCUT2D eigenvalue weighted by molar-refractivity contribution is 0.664. The monoisotopic (exact) mass is 298 g/mol. The highest BCUT2D eigenvalue weighted by Gasteiger charge is 2.13. The van der Waals surface area contributed by atoms with Gasteiger partial charge in [0, 0.05) is 29.3 Å². The molecule has 0 heterocycles. The fourth-order valence-corrected chi connectivity index (χ4v) is 2.39. The molecule has 1 aromatic rings. The molecule has 1 N–H and O–H groups in total. The summed E-state index contributed by atoms with van der Waals surface area (Å²) in [6.45, 7) is 8.74. The van der Waals surface area contributed by atoms with Gasteiger partial charge < -0.3 is 10.2 Å². The van der Waals surface area contributed by atoms with E-state index in [-0.39, 0.29) is 0 Å². The van der Waals surface area contributed by atoms with Gasteiger partial charge >= 0.3 is 0 Å². The Balaban J connectivity index is 3.09. The Morgan fingerprint density at radius 1 is 1.35 bits per heavy atom. The van der Waals surface area contributed by atoms with E-state index in [4.69, 9.17) is 0 Å². The standard InChI is InChI=1S/C14H23BrN2/c1-5-8-17(11(2)3)14-9-13(15)7-6-12(14)10-16-4/h6-7,9,11,16H,5,8,10H2,1-4H3. The van der Waals surface area contributed by atoms with E-state index in [0.717, 1.165) is 17.6 Å². The Labute approximate surface area is 114 Å². The number of anilines is 1. The Morgan fingerprint density at radius 2 is 2.06 bits per heavy atom. The van der Waals surface area contributed by atoms with Crippen LogP contribution in [0, 0.1) is 0 Å². The molecule has 0 aromatic heterocycles. The van der Waals surface area contributed by atoms with E-state index in [2.05, 4.69) is 65.1 Å². The first kappa shape index (κ1) is 14.5. The van der Waals surface area contributed by atoms with Crippen LogP contribution in [0.25, 0.3) is 0 Å². The topological polar surface area (TPSA) is 15.3 Å². The number of hydrogen-bond donors (Lipinski definition) is 1. The summed E-state index contributed by atoms with van der Waals surface area (Å²) < 4.78 is 1.15. The minimum atomic E-state index is 0.528. The summed E-state index contributed by atoms with van der Waals surface area (Å²) in [6, 6.07) is 7.06. The Bertz CT molecular complexity index is 350. The van der Waals surface area contributed by atoms with Gasteiger partial charge in [-0.2, -0.15) is 0 Å². The van der Waals surface area contributed by atoms with Crippen molar-refractivity contribution in [1.29, 1.82) is 0 Å². The molecular weight excluding hydrogens is 276 g/mol. The first-order valence-electron chi connectivity index (χ1n) is 6.29. The van der Waals surface area contributed by atoms with E-state index in [1.807, 2.05) is 7.05 Å². The van der Waals surface area contributed by atoms with Crippen LogP contribution < -0.4 is 10.2 Å². The smallest absolute Gasteiger partial charge is 0.0425 e. The number of hydrogen-bond acceptors (Lipinski definition) is 2. The molecule has 0 fully saturated rings. The highest BCUT2D eigenvalue weighted by atomic mass is 79.9. The van der Waals surface area contributed by atoms with Gasteiger partial charge in [0.1, 0.15) is 0 Å². The Kier molecular flexibility index (Phi) is 6.00. The predicted octanol–water partition coefficient (Wildman–Crippen LogP) is 3.79. The van der Waals surface area contributed by atoms with Gasteiger partial charge in [-0.1, -0.05) is 28.9 Å². The summed E-state index contributed by atoms with van der Waals surface area (Å²) in [5.41, 5.74) is 2.70. The van der Waals surface area contributed by atoms with Crippen LogP contribution in [-0.2, 0) is 6.54 Å². The lowest BCUT2D eigenvalue weighted by Gasteiger charge is -2.31. The molecule has 0 aliphatic heterocycles. The second-order valence-electron chi connectivity index (χ2n) is 4.59. The summed E-state index contributed by atoms with van der Waals surface area (Å²) in [5.74, 6) is 0. The van der Waals surface area contributed by atoms with E-state index < -0.39 is 0 Å². The summed E-state index contributed by atoms with van der Waals surface area (Å²) >= 11 is 3.57. The van der Waals surface area contributed by atoms with E-state index in [9.17, 15) is 0 Å². The highest BCUT2D eigenvalue weighted by Crippen LogP contribution is 2.27. The third-order valence-corrected chi connectivity index (χ3v) is 3.31. The molecule has 0 unspecified atom stereocenters. The molecule has 0 amide bonds. The quantitative estimate of drug-likeness (QED) is 0.859. The Morgan fingerprint density at radius 3 is 2.59 bits per heavy atom. The third-order valence-electron chi connectivity index (χ3n) is 2.81. The number of halogens is 1. The van der Waals surface area contributed by atoms with Crippen molar-refractivity contribution in [2.75, 3.05) is 18.5 Å². The first-order chi connectivity index (χ1) is 8.10. The largest absolute Gasteiger partial charge is 0.369 e. The van der Waals surface area contributed by atoms with Crippen molar-refractivity contribution < 1.29 is 0 Å². The van der Waals surface area contributed by atoms with Crippen molar-refractivity contribution in [3.05, 3.63) is 28.2 Å². The predicted molar refractivity (Wildman–Crippen MR) is 79.7 cm³/mol. The average molecular weight is 299 g/mol. The van der Waals surface area contributed by atoms with Crippen molar-refractivity contribution in [2.24, 2.45) is 0 Å². The Hall–Kier alpha value is -0.540. The van der Waals surface area contributed by atoms with Crippen LogP contribution in [0.5, 0.6) is 0 Å². The van der Waals surface area contributed by atoms with Gasteiger partial charge in [-0.3, -0.25) is 0 Å². The molecule has 0 spiro atoms. The van der Waals surface area contributed by atoms with E-state index in [1.54, 1.807) is 0 Å². The molecule has 96 valence electrons. The van der Waals surface area contributed by atoms with Crippen LogP contribution in [0.15, 0.2) is 22.7 Å². The minimum Gasteiger partial charge on any atom is -0.369 e. The van der Waals surface area contributed by atoms with Gasteiger partial charge in [-0.25, -0.2) is 0 Å². The molecule has 0 aliphatic rings. The van der Waals surface area contributed by atoms with Gasteiger partial charge in [0.2, 0.25) is 0 Å². The summed E-state index contributed by atoms with van der Waals surface area (Å²) in [7, 11) is 1.99. The SMILES string of the molecule is CCCN(c1cc(Br)ccc1CNC)C(C)C. The number of rotatable bonds is 6. The van der Waals surface area contributed by atoms with Gasteiger partial charge in [0.15, 0.2) is 0 Å². The van der Waals surface area contributed by atoms with Gasteiger partial charge in [0.25, 0.3) is 0 Å². The van der Waals surface area contributed by atoms with E-state index in [1.165, 1.54) is 17.7 Å². The maximum Gasteiger partial charge on any atom is 0.0425 e. The minimum absolute atomic E-state index is 0.528. The van der Waals surface area contributed by atoms with Crippen molar-refractivity contribution in [3.63, 3.8) is 0 Å². The fraction of sp³-hybridized carbons (Fsp3) is 0.571. The van der Waals surface area contributed by atoms with Gasteiger partial charge in [-0.15, -0.1) is 0 Å². The molecule has 0 saturated heterocycles. The maximum absolute atomic E-state index is 3.57. The molecule has 0 atom stereocenters. The molecule has 0 saturated carbocycles. The molecule has 1 aromatic carbocycles. The van der Waals surface area contributed by atoms with Gasteiger partial charge in [0.05, 0.1) is 0 Å². The van der Waals surface area contributed by atoms with Crippen molar-refractivity contribution >= 4 is 21.6 Å². The van der Waals surface area contributed by atoms with Crippen LogP contribution in [0.3, 0.4) is 0 Å². The lowest BCUT2D eigenvalue weighted by atomic mass is 10.1. The molecule has 0 bridgehead atoms. The highest BCUT2D eigenvalue weighted by molar-refractivity contribution is 9.10. The number of nitrogens with zero attached hydrogens (tertiary/aromatic N) is 1. The normalized spacial score (nSPS) is 10.9. The van der Waals surface area contributed by atoms with Crippen LogP contribution >= 0.6 is 15.9 Å². The van der Waals surface area contributed by atoms with E-state index in [0.29, 0.717) is 6.04 Å². The van der Waals surface area contributed by atoms with Crippen molar-refractivity contribution in [2.45, 2.75) is 39.8 Å². The first-order valence-corrected chi connectivity index (χ1v) is 7.09. The molecular formula is C14H23BrN2. The maximum atomic E-state index is 3.57. The van der Waals surface area contributed by atoms with Crippen LogP contribution in [-0.4, -0.2) is 19.6 Å². The van der Waals surface area contributed by atoms with Crippen LogP contribution in [0.4, 0.5) is 5.69 Å². The van der Waals surface area contributed by atoms with E-state index >= 15 is 0 Å². The molecule has 3 heteroatoms. The molecule has 2 nitrogen and oxygen atoms in total. The zero-order valence-corrected chi connectivity index (χ0v) is 12.8. The van der Waals surface area contributed by atoms with Crippen molar-refractivity contribution in [1.82, 2.24) is 5.32 Å². The lowest BCUT2D eigenvalue weighted by Crippen LogP contribution is -2.32. The zero-order valence-electron chi connectivity index (χ0n) is 11.3. The number of benzene rings is 1. The average Bonchev–Trinajstić information content (AvgIpc) is 2.28. The summed E-state index contributed by atoms with van der Waals surface area (Å²) in [5, 5.41) is 3.24. The summed E-state index contributed by atoms with van der Waals surface area (Å²) in [4.78, 5) is 2.47. The van der Waals surface area contributed by atoms with Crippen molar-refractivity contribution in [3.8, 4) is 0 Å². The van der Waals surface area contributed by atoms with Gasteiger partial charge in [-0.05, 0) is 45.0 Å². The second kappa shape index (κ2) is 7.02. The summed E-state index contributed by atoms with van der Waals surface area (Å²) in [6.07, 6.45) is 1.17. The molecule has 1 rings (SSSR count). The van der Waals surface area contributed by atoms with Crippen LogP contribution in [0.1, 0.15) is 32.8 Å². The molecule has 0 radical (unpaired) electrons.